The molecule has 5 heteroatoms. The number of piperidine rings is 1. The van der Waals surface area contributed by atoms with Gasteiger partial charge in [-0.05, 0) is 31.4 Å². The van der Waals surface area contributed by atoms with Crippen LogP contribution in [0.5, 0.6) is 0 Å². The van der Waals surface area contributed by atoms with Gasteiger partial charge in [-0.2, -0.15) is 13.2 Å². The van der Waals surface area contributed by atoms with Gasteiger partial charge in [0.05, 0.1) is 5.56 Å². The van der Waals surface area contributed by atoms with Crippen LogP contribution in [0.3, 0.4) is 0 Å². The molecular formula is C11H13F3N2. The minimum atomic E-state index is -4.34. The van der Waals surface area contributed by atoms with E-state index >= 15 is 0 Å². The zero-order valence-electron chi connectivity index (χ0n) is 9.67. The fourth-order valence-electron chi connectivity index (χ4n) is 1.71. The number of alkyl halides is 3. The van der Waals surface area contributed by atoms with Gasteiger partial charge in [0.2, 0.25) is 0 Å². The van der Waals surface area contributed by atoms with Crippen LogP contribution in [0.4, 0.5) is 19.0 Å². The number of pyridine rings is 1. The second kappa shape index (κ2) is 4.31. The van der Waals surface area contributed by atoms with Crippen LogP contribution in [0.25, 0.3) is 0 Å². The summed E-state index contributed by atoms with van der Waals surface area (Å²) in [7, 11) is 0. The number of nitrogens with zero attached hydrogens (tertiary/aromatic N) is 2. The molecule has 1 aromatic rings. The molecule has 2 nitrogen and oxygen atoms in total. The van der Waals surface area contributed by atoms with Crippen LogP contribution in [0, 0.1) is 0 Å². The van der Waals surface area contributed by atoms with E-state index in [1.807, 2.05) is 4.90 Å². The molecule has 1 aromatic heterocycles. The molecule has 1 fully saturated rings. The van der Waals surface area contributed by atoms with Gasteiger partial charge in [-0.15, -0.1) is 0 Å². The highest BCUT2D eigenvalue weighted by atomic mass is 19.4. The van der Waals surface area contributed by atoms with Gasteiger partial charge >= 0.3 is 6.18 Å². The Morgan fingerprint density at radius 2 is 2.06 bits per heavy atom. The molecule has 1 atom stereocenters. The predicted octanol–water partition coefficient (Wildman–Crippen LogP) is 3.09. The summed E-state index contributed by atoms with van der Waals surface area (Å²) in [5, 5.41) is 0. The van der Waals surface area contributed by atoms with E-state index < -0.39 is 11.7 Å². The standard InChI is InChI=1S/C11H13F3N2/c12-11(13,14)9-4-5-10(15-8-9)16-6-2-1-3-7-16/h4-5,8H,1-3,6-7H2/i2D/t2-/m1/s1. The highest BCUT2D eigenvalue weighted by Crippen LogP contribution is 2.29. The van der Waals surface area contributed by atoms with Crippen molar-refractivity contribution in [3.63, 3.8) is 0 Å². The van der Waals surface area contributed by atoms with Gasteiger partial charge in [0.15, 0.2) is 0 Å². The number of rotatable bonds is 1. The monoisotopic (exact) mass is 231 g/mol. The van der Waals surface area contributed by atoms with E-state index in [9.17, 15) is 13.2 Å². The molecule has 88 valence electrons. The van der Waals surface area contributed by atoms with Crippen molar-refractivity contribution in [1.82, 2.24) is 4.98 Å². The number of halogens is 3. The maximum absolute atomic E-state index is 12.3. The highest BCUT2D eigenvalue weighted by molar-refractivity contribution is 5.40. The van der Waals surface area contributed by atoms with E-state index in [1.54, 1.807) is 0 Å². The number of anilines is 1. The van der Waals surface area contributed by atoms with Crippen molar-refractivity contribution in [1.29, 1.82) is 0 Å². The van der Waals surface area contributed by atoms with E-state index in [0.29, 0.717) is 12.4 Å². The number of hydrogen-bond acceptors (Lipinski definition) is 2. The Hall–Kier alpha value is -1.26. The van der Waals surface area contributed by atoms with E-state index in [-0.39, 0.29) is 6.40 Å². The molecule has 2 heterocycles. The summed E-state index contributed by atoms with van der Waals surface area (Å²) in [4.78, 5) is 5.69. The third kappa shape index (κ3) is 2.46. The third-order valence-electron chi connectivity index (χ3n) is 2.58. The summed E-state index contributed by atoms with van der Waals surface area (Å²) < 4.78 is 44.7. The lowest BCUT2D eigenvalue weighted by Crippen LogP contribution is -2.30. The summed E-state index contributed by atoms with van der Waals surface area (Å²) >= 11 is 0. The predicted molar refractivity (Wildman–Crippen MR) is 55.3 cm³/mol. The van der Waals surface area contributed by atoms with E-state index in [1.165, 1.54) is 6.07 Å². The lowest BCUT2D eigenvalue weighted by atomic mass is 10.1. The quantitative estimate of drug-likeness (QED) is 0.738. The normalized spacial score (nSPS) is 23.1. The Morgan fingerprint density at radius 1 is 1.25 bits per heavy atom. The molecule has 1 aliphatic rings. The van der Waals surface area contributed by atoms with Gasteiger partial charge in [0.25, 0.3) is 0 Å². The first-order valence-corrected chi connectivity index (χ1v) is 5.17. The molecule has 0 aliphatic carbocycles. The van der Waals surface area contributed by atoms with Crippen LogP contribution in [-0.4, -0.2) is 18.1 Å². The summed E-state index contributed by atoms with van der Waals surface area (Å²) in [5.41, 5.74) is -0.735. The molecule has 0 unspecified atom stereocenters. The number of hydrogen-bond donors (Lipinski definition) is 0. The lowest BCUT2D eigenvalue weighted by molar-refractivity contribution is -0.137. The van der Waals surface area contributed by atoms with Crippen LogP contribution >= 0.6 is 0 Å². The van der Waals surface area contributed by atoms with Crippen LogP contribution in [0.15, 0.2) is 18.3 Å². The molecule has 1 aliphatic heterocycles. The van der Waals surface area contributed by atoms with Gasteiger partial charge in [-0.1, -0.05) is 0 Å². The molecule has 0 N–H and O–H groups in total. The smallest absolute Gasteiger partial charge is 0.357 e. The fraction of sp³-hybridized carbons (Fsp3) is 0.545. The largest absolute Gasteiger partial charge is 0.417 e. The van der Waals surface area contributed by atoms with Crippen molar-refractivity contribution in [3.8, 4) is 0 Å². The van der Waals surface area contributed by atoms with Crippen molar-refractivity contribution in [2.75, 3.05) is 18.0 Å². The minimum absolute atomic E-state index is 0.173. The minimum Gasteiger partial charge on any atom is -0.357 e. The van der Waals surface area contributed by atoms with Gasteiger partial charge < -0.3 is 4.90 Å². The molecule has 0 radical (unpaired) electrons. The fourth-order valence-corrected chi connectivity index (χ4v) is 1.71. The Labute approximate surface area is 93.5 Å². The summed E-state index contributed by atoms with van der Waals surface area (Å²) in [6.07, 6.45) is -1.93. The zero-order chi connectivity index (χ0) is 12.5. The van der Waals surface area contributed by atoms with Crippen molar-refractivity contribution in [2.24, 2.45) is 0 Å². The molecule has 0 bridgehead atoms. The van der Waals surface area contributed by atoms with Crippen LogP contribution in [0.2, 0.25) is 0 Å². The van der Waals surface area contributed by atoms with Gasteiger partial charge in [-0.3, -0.25) is 0 Å². The second-order valence-corrected chi connectivity index (χ2v) is 3.78. The zero-order valence-corrected chi connectivity index (χ0v) is 8.67. The average Bonchev–Trinajstić information content (AvgIpc) is 2.28. The molecule has 0 saturated carbocycles. The van der Waals surface area contributed by atoms with Gasteiger partial charge in [0.1, 0.15) is 5.82 Å². The lowest BCUT2D eigenvalue weighted by Gasteiger charge is -2.27. The molecule has 0 spiro atoms. The summed E-state index contributed by atoms with van der Waals surface area (Å²) in [5.74, 6) is 0.523. The molecule has 0 amide bonds. The first-order valence-electron chi connectivity index (χ1n) is 5.75. The third-order valence-corrected chi connectivity index (χ3v) is 2.58. The maximum Gasteiger partial charge on any atom is 0.417 e. The first-order chi connectivity index (χ1) is 7.97. The molecular weight excluding hydrogens is 217 g/mol. The highest BCUT2D eigenvalue weighted by Gasteiger charge is 2.30. The SMILES string of the molecule is [2H][C@@H]1CCCN(c2ccc(C(F)(F)F)cn2)C1. The Bertz CT molecular complexity index is 377. The number of aromatic nitrogens is 1. The van der Waals surface area contributed by atoms with Crippen LogP contribution in [0.1, 0.15) is 26.2 Å². The Balaban J connectivity index is 2.12. The van der Waals surface area contributed by atoms with Crippen molar-refractivity contribution < 1.29 is 14.5 Å². The molecule has 2 rings (SSSR count). The van der Waals surface area contributed by atoms with Crippen molar-refractivity contribution in [2.45, 2.75) is 25.4 Å². The van der Waals surface area contributed by atoms with E-state index in [0.717, 1.165) is 31.6 Å². The van der Waals surface area contributed by atoms with Crippen molar-refractivity contribution >= 4 is 5.82 Å². The second-order valence-electron chi connectivity index (χ2n) is 3.78. The molecule has 0 aromatic carbocycles. The Morgan fingerprint density at radius 3 is 2.62 bits per heavy atom. The van der Waals surface area contributed by atoms with Gasteiger partial charge in [-0.25, -0.2) is 4.98 Å². The van der Waals surface area contributed by atoms with Crippen molar-refractivity contribution in [3.05, 3.63) is 23.9 Å². The van der Waals surface area contributed by atoms with Gasteiger partial charge in [0, 0.05) is 20.7 Å². The Kier molecular flexibility index (Phi) is 2.68. The van der Waals surface area contributed by atoms with E-state index in [4.69, 9.17) is 1.37 Å². The molecule has 1 saturated heterocycles. The average molecular weight is 231 g/mol. The molecule has 16 heavy (non-hydrogen) atoms. The summed E-state index contributed by atoms with van der Waals surface area (Å²) in [6.45, 7) is 1.30. The van der Waals surface area contributed by atoms with E-state index in [2.05, 4.69) is 4.98 Å². The topological polar surface area (TPSA) is 16.1 Å². The van der Waals surface area contributed by atoms with Crippen LogP contribution < -0.4 is 4.90 Å². The summed E-state index contributed by atoms with van der Waals surface area (Å²) in [6, 6.07) is 2.41. The first kappa shape index (κ1) is 9.93. The maximum atomic E-state index is 12.3. The van der Waals surface area contributed by atoms with Crippen LogP contribution in [-0.2, 0) is 6.18 Å².